The van der Waals surface area contributed by atoms with E-state index in [2.05, 4.69) is 9.89 Å². The lowest BCUT2D eigenvalue weighted by molar-refractivity contribution is 0.100. The minimum Gasteiger partial charge on any atom is -0.370 e. The van der Waals surface area contributed by atoms with E-state index in [1.807, 2.05) is 49.1 Å². The van der Waals surface area contributed by atoms with Crippen molar-refractivity contribution in [1.82, 2.24) is 9.47 Å². The third-order valence-corrected chi connectivity index (χ3v) is 2.91. The summed E-state index contributed by atoms with van der Waals surface area (Å²) < 4.78 is 2.03. The largest absolute Gasteiger partial charge is 0.370 e. The molecule has 0 bridgehead atoms. The van der Waals surface area contributed by atoms with Crippen LogP contribution in [-0.4, -0.2) is 35.4 Å². The van der Waals surface area contributed by atoms with Crippen molar-refractivity contribution in [2.24, 2.45) is 16.5 Å². The Kier molecular flexibility index (Phi) is 6.15. The molecule has 22 heavy (non-hydrogen) atoms. The lowest BCUT2D eigenvalue weighted by Gasteiger charge is -2.14. The number of benzene rings is 1. The number of guanidine groups is 1. The number of aliphatic imine (C=N–C) groups is 1. The Hall–Kier alpha value is -2.31. The molecule has 0 saturated carbocycles. The Bertz CT molecular complexity index is 674. The SMILES string of the molecule is CN(C)Cc1cccn1-c1cccc(C(=O)N=C(N)N)c1.Cl. The van der Waals surface area contributed by atoms with Crippen LogP contribution in [0.3, 0.4) is 0 Å². The smallest absolute Gasteiger partial charge is 0.280 e. The van der Waals surface area contributed by atoms with Gasteiger partial charge < -0.3 is 20.9 Å². The first-order chi connectivity index (χ1) is 9.97. The highest BCUT2D eigenvalue weighted by molar-refractivity contribution is 6.02. The lowest BCUT2D eigenvalue weighted by atomic mass is 10.2. The van der Waals surface area contributed by atoms with Crippen molar-refractivity contribution in [3.8, 4) is 5.69 Å². The highest BCUT2D eigenvalue weighted by Crippen LogP contribution is 2.16. The molecule has 4 N–H and O–H groups in total. The molecule has 1 aromatic heterocycles. The number of rotatable bonds is 4. The summed E-state index contributed by atoms with van der Waals surface area (Å²) in [6.45, 7) is 0.805. The van der Waals surface area contributed by atoms with E-state index in [9.17, 15) is 4.79 Å². The van der Waals surface area contributed by atoms with E-state index in [0.717, 1.165) is 17.9 Å². The van der Waals surface area contributed by atoms with E-state index in [-0.39, 0.29) is 18.4 Å². The van der Waals surface area contributed by atoms with Gasteiger partial charge in [-0.05, 0) is 44.4 Å². The summed E-state index contributed by atoms with van der Waals surface area (Å²) in [5.41, 5.74) is 13.0. The predicted octanol–water partition coefficient (Wildman–Crippen LogP) is 1.37. The molecular formula is C15H20ClN5O. The van der Waals surface area contributed by atoms with Crippen molar-refractivity contribution in [3.05, 3.63) is 53.9 Å². The number of aromatic nitrogens is 1. The summed E-state index contributed by atoms with van der Waals surface area (Å²) in [6.07, 6.45) is 1.96. The van der Waals surface area contributed by atoms with Crippen LogP contribution in [0, 0.1) is 0 Å². The second-order valence-electron chi connectivity index (χ2n) is 5.00. The fourth-order valence-electron chi connectivity index (χ4n) is 2.09. The van der Waals surface area contributed by atoms with Gasteiger partial charge in [0.25, 0.3) is 5.91 Å². The lowest BCUT2D eigenvalue weighted by Crippen LogP contribution is -2.24. The molecule has 0 saturated heterocycles. The van der Waals surface area contributed by atoms with Gasteiger partial charge in [0, 0.05) is 29.7 Å². The molecule has 118 valence electrons. The number of hydrogen-bond donors (Lipinski definition) is 2. The molecule has 0 atom stereocenters. The standard InChI is InChI=1S/C15H19N5O.ClH/c1-19(2)10-13-7-4-8-20(13)12-6-3-5-11(9-12)14(21)18-15(16)17;/h3-9H,10H2,1-2H3,(H4,16,17,18,21);1H. The minimum absolute atomic E-state index is 0. The van der Waals surface area contributed by atoms with Crippen molar-refractivity contribution in [2.75, 3.05) is 14.1 Å². The van der Waals surface area contributed by atoms with Crippen molar-refractivity contribution in [3.63, 3.8) is 0 Å². The van der Waals surface area contributed by atoms with Crippen molar-refractivity contribution < 1.29 is 4.79 Å². The number of carbonyl (C=O) groups is 1. The summed E-state index contributed by atoms with van der Waals surface area (Å²) in [4.78, 5) is 17.5. The van der Waals surface area contributed by atoms with Crippen LogP contribution < -0.4 is 11.5 Å². The molecule has 0 aliphatic rings. The molecule has 6 nitrogen and oxygen atoms in total. The van der Waals surface area contributed by atoms with Gasteiger partial charge in [0.2, 0.25) is 0 Å². The van der Waals surface area contributed by atoms with Gasteiger partial charge in [-0.25, -0.2) is 0 Å². The molecule has 1 amide bonds. The summed E-state index contributed by atoms with van der Waals surface area (Å²) in [5, 5.41) is 0. The zero-order chi connectivity index (χ0) is 15.4. The van der Waals surface area contributed by atoms with Crippen molar-refractivity contribution >= 4 is 24.3 Å². The molecule has 0 aliphatic heterocycles. The zero-order valence-corrected chi connectivity index (χ0v) is 13.4. The molecule has 0 radical (unpaired) electrons. The number of halogens is 1. The zero-order valence-electron chi connectivity index (χ0n) is 12.6. The van der Waals surface area contributed by atoms with Gasteiger partial charge in [0.15, 0.2) is 5.96 Å². The first kappa shape index (κ1) is 17.7. The van der Waals surface area contributed by atoms with Crippen LogP contribution in [0.2, 0.25) is 0 Å². The van der Waals surface area contributed by atoms with Gasteiger partial charge in [0.1, 0.15) is 0 Å². The highest BCUT2D eigenvalue weighted by Gasteiger charge is 2.08. The van der Waals surface area contributed by atoms with Gasteiger partial charge >= 0.3 is 0 Å². The Labute approximate surface area is 135 Å². The van der Waals surface area contributed by atoms with E-state index in [4.69, 9.17) is 11.5 Å². The molecule has 0 spiro atoms. The van der Waals surface area contributed by atoms with E-state index >= 15 is 0 Å². The predicted molar refractivity (Wildman–Crippen MR) is 90.5 cm³/mol. The maximum absolute atomic E-state index is 11.9. The fourth-order valence-corrected chi connectivity index (χ4v) is 2.09. The maximum Gasteiger partial charge on any atom is 0.280 e. The Morgan fingerprint density at radius 3 is 2.59 bits per heavy atom. The van der Waals surface area contributed by atoms with Gasteiger partial charge in [-0.3, -0.25) is 4.79 Å². The van der Waals surface area contributed by atoms with Gasteiger partial charge in [-0.2, -0.15) is 4.99 Å². The average molecular weight is 322 g/mol. The summed E-state index contributed by atoms with van der Waals surface area (Å²) in [6, 6.07) is 11.2. The summed E-state index contributed by atoms with van der Waals surface area (Å²) >= 11 is 0. The molecule has 0 aliphatic carbocycles. The third kappa shape index (κ3) is 4.34. The van der Waals surface area contributed by atoms with Crippen LogP contribution in [0.15, 0.2) is 47.6 Å². The highest BCUT2D eigenvalue weighted by atomic mass is 35.5. The third-order valence-electron chi connectivity index (χ3n) is 2.91. The summed E-state index contributed by atoms with van der Waals surface area (Å²) in [7, 11) is 4.02. The maximum atomic E-state index is 11.9. The first-order valence-corrected chi connectivity index (χ1v) is 6.53. The van der Waals surface area contributed by atoms with Crippen LogP contribution in [0.25, 0.3) is 5.69 Å². The molecule has 0 fully saturated rings. The molecule has 1 aromatic carbocycles. The quantitative estimate of drug-likeness (QED) is 0.657. The summed E-state index contributed by atoms with van der Waals surface area (Å²) in [5.74, 6) is -0.683. The number of hydrogen-bond acceptors (Lipinski definition) is 2. The number of nitrogens with two attached hydrogens (primary N) is 2. The average Bonchev–Trinajstić information content (AvgIpc) is 2.85. The molecule has 2 rings (SSSR count). The monoisotopic (exact) mass is 321 g/mol. The van der Waals surface area contributed by atoms with E-state index in [1.165, 1.54) is 0 Å². The second-order valence-corrected chi connectivity index (χ2v) is 5.00. The second kappa shape index (κ2) is 7.63. The Morgan fingerprint density at radius 1 is 1.23 bits per heavy atom. The van der Waals surface area contributed by atoms with E-state index in [1.54, 1.807) is 12.1 Å². The normalized spacial score (nSPS) is 10.1. The van der Waals surface area contributed by atoms with Crippen LogP contribution in [0.5, 0.6) is 0 Å². The van der Waals surface area contributed by atoms with Crippen molar-refractivity contribution in [1.29, 1.82) is 0 Å². The van der Waals surface area contributed by atoms with Gasteiger partial charge in [0.05, 0.1) is 0 Å². The number of carbonyl (C=O) groups excluding carboxylic acids is 1. The van der Waals surface area contributed by atoms with Crippen LogP contribution >= 0.6 is 12.4 Å². The fraction of sp³-hybridized carbons (Fsp3) is 0.200. The molecule has 2 aromatic rings. The van der Waals surface area contributed by atoms with Gasteiger partial charge in [-0.15, -0.1) is 12.4 Å². The minimum atomic E-state index is -0.446. The van der Waals surface area contributed by atoms with Crippen LogP contribution in [0.4, 0.5) is 0 Å². The molecule has 1 heterocycles. The number of amides is 1. The molecule has 0 unspecified atom stereocenters. The van der Waals surface area contributed by atoms with Gasteiger partial charge in [-0.1, -0.05) is 6.07 Å². The first-order valence-electron chi connectivity index (χ1n) is 6.53. The number of nitrogens with zero attached hydrogens (tertiary/aromatic N) is 3. The van der Waals surface area contributed by atoms with Crippen molar-refractivity contribution in [2.45, 2.75) is 6.54 Å². The Morgan fingerprint density at radius 2 is 1.95 bits per heavy atom. The Balaban J connectivity index is 0.00000242. The van der Waals surface area contributed by atoms with Crippen LogP contribution in [-0.2, 0) is 6.54 Å². The van der Waals surface area contributed by atoms with E-state index in [0.29, 0.717) is 5.56 Å². The van der Waals surface area contributed by atoms with Crippen LogP contribution in [0.1, 0.15) is 16.1 Å². The van der Waals surface area contributed by atoms with E-state index < -0.39 is 5.91 Å². The topological polar surface area (TPSA) is 89.6 Å². The molecular weight excluding hydrogens is 302 g/mol. The molecule has 7 heteroatoms.